The second-order valence-electron chi connectivity index (χ2n) is 2.83. The highest BCUT2D eigenvalue weighted by Gasteiger charge is 2.16. The summed E-state index contributed by atoms with van der Waals surface area (Å²) in [7, 11) is 0. The van der Waals surface area contributed by atoms with Gasteiger partial charge in [-0.15, -0.1) is 11.6 Å². The van der Waals surface area contributed by atoms with Crippen LogP contribution in [0.15, 0.2) is 18.2 Å². The normalized spacial score (nSPS) is 9.73. The summed E-state index contributed by atoms with van der Waals surface area (Å²) in [6.07, 6.45) is 0. The Morgan fingerprint density at radius 1 is 1.47 bits per heavy atom. The molecule has 0 unspecified atom stereocenters. The lowest BCUT2D eigenvalue weighted by Crippen LogP contribution is -2.09. The van der Waals surface area contributed by atoms with Crippen molar-refractivity contribution in [1.82, 2.24) is 0 Å². The van der Waals surface area contributed by atoms with Crippen LogP contribution in [0.3, 0.4) is 0 Å². The number of ether oxygens (including phenoxy) is 1. The van der Waals surface area contributed by atoms with E-state index in [4.69, 9.17) is 21.4 Å². The quantitative estimate of drug-likeness (QED) is 0.489. The molecule has 0 saturated heterocycles. The number of carboxylic acid groups (broad SMARTS) is 1. The van der Waals surface area contributed by atoms with Crippen LogP contribution < -0.4 is 4.74 Å². The van der Waals surface area contributed by atoms with Crippen molar-refractivity contribution in [2.45, 2.75) is 12.8 Å². The fraction of sp³-hybridized carbons (Fsp3) is 0.200. The molecule has 15 heavy (non-hydrogen) atoms. The number of carbonyl (C=O) groups is 2. The second-order valence-corrected chi connectivity index (χ2v) is 3.09. The van der Waals surface area contributed by atoms with E-state index >= 15 is 0 Å². The monoisotopic (exact) mass is 228 g/mol. The molecule has 0 bridgehead atoms. The van der Waals surface area contributed by atoms with Gasteiger partial charge in [0.15, 0.2) is 0 Å². The molecule has 1 aromatic carbocycles. The average molecular weight is 229 g/mol. The number of hydrogen-bond acceptors (Lipinski definition) is 3. The lowest BCUT2D eigenvalue weighted by molar-refractivity contribution is -0.131. The van der Waals surface area contributed by atoms with Gasteiger partial charge in [-0.05, 0) is 6.07 Å². The molecular formula is C10H9ClO4. The van der Waals surface area contributed by atoms with E-state index in [9.17, 15) is 9.59 Å². The molecule has 0 aliphatic heterocycles. The molecule has 0 saturated carbocycles. The van der Waals surface area contributed by atoms with Crippen molar-refractivity contribution in [3.63, 3.8) is 0 Å². The summed E-state index contributed by atoms with van der Waals surface area (Å²) >= 11 is 5.61. The second kappa shape index (κ2) is 4.79. The summed E-state index contributed by atoms with van der Waals surface area (Å²) in [4.78, 5) is 21.6. The van der Waals surface area contributed by atoms with E-state index in [0.29, 0.717) is 5.56 Å². The Labute approximate surface area is 91.4 Å². The van der Waals surface area contributed by atoms with E-state index in [1.54, 1.807) is 12.1 Å². The molecule has 4 nitrogen and oxygen atoms in total. The first-order valence-electron chi connectivity index (χ1n) is 4.15. The molecule has 1 N–H and O–H groups in total. The highest BCUT2D eigenvalue weighted by atomic mass is 35.5. The van der Waals surface area contributed by atoms with Gasteiger partial charge in [0, 0.05) is 12.5 Å². The van der Waals surface area contributed by atoms with Crippen LogP contribution in [0.2, 0.25) is 0 Å². The van der Waals surface area contributed by atoms with Gasteiger partial charge in [0.2, 0.25) is 0 Å². The van der Waals surface area contributed by atoms with E-state index in [2.05, 4.69) is 0 Å². The lowest BCUT2D eigenvalue weighted by atomic mass is 10.1. The lowest BCUT2D eigenvalue weighted by Gasteiger charge is -2.09. The number of rotatable bonds is 3. The van der Waals surface area contributed by atoms with Gasteiger partial charge in [0.25, 0.3) is 0 Å². The average Bonchev–Trinajstić information content (AvgIpc) is 2.16. The first kappa shape index (κ1) is 11.5. The number of carbonyl (C=O) groups excluding carboxylic acids is 1. The highest BCUT2D eigenvalue weighted by molar-refractivity contribution is 6.17. The van der Waals surface area contributed by atoms with Gasteiger partial charge in [-0.25, -0.2) is 4.79 Å². The van der Waals surface area contributed by atoms with Crippen molar-refractivity contribution in [2.24, 2.45) is 0 Å². The third kappa shape index (κ3) is 2.70. The maximum atomic E-state index is 10.8. The van der Waals surface area contributed by atoms with Crippen LogP contribution in [0.4, 0.5) is 0 Å². The number of aromatic carboxylic acids is 1. The van der Waals surface area contributed by atoms with E-state index in [1.165, 1.54) is 13.0 Å². The van der Waals surface area contributed by atoms with Gasteiger partial charge in [0.1, 0.15) is 11.3 Å². The summed E-state index contributed by atoms with van der Waals surface area (Å²) in [5.74, 6) is -1.62. The molecule has 0 radical (unpaired) electrons. The fourth-order valence-electron chi connectivity index (χ4n) is 1.12. The van der Waals surface area contributed by atoms with Gasteiger partial charge >= 0.3 is 11.9 Å². The van der Waals surface area contributed by atoms with Gasteiger partial charge < -0.3 is 9.84 Å². The largest absolute Gasteiger partial charge is 0.478 e. The molecule has 1 aromatic rings. The topological polar surface area (TPSA) is 63.6 Å². The molecule has 1 rings (SSSR count). The minimum atomic E-state index is -1.15. The number of carboxylic acids is 1. The number of hydrogen-bond donors (Lipinski definition) is 1. The minimum Gasteiger partial charge on any atom is -0.478 e. The molecule has 0 amide bonds. The van der Waals surface area contributed by atoms with Crippen LogP contribution in [0.5, 0.6) is 5.75 Å². The number of para-hydroxylation sites is 1. The van der Waals surface area contributed by atoms with Gasteiger partial charge in [-0.1, -0.05) is 12.1 Å². The van der Waals surface area contributed by atoms with Gasteiger partial charge in [-0.2, -0.15) is 0 Å². The van der Waals surface area contributed by atoms with Crippen LogP contribution in [-0.2, 0) is 10.7 Å². The van der Waals surface area contributed by atoms with Crippen LogP contribution in [0, 0.1) is 0 Å². The van der Waals surface area contributed by atoms with Crippen LogP contribution in [0.25, 0.3) is 0 Å². The summed E-state index contributed by atoms with van der Waals surface area (Å²) in [5, 5.41) is 8.86. The molecular weight excluding hydrogens is 220 g/mol. The zero-order chi connectivity index (χ0) is 11.4. The Morgan fingerprint density at radius 3 is 2.60 bits per heavy atom. The predicted molar refractivity (Wildman–Crippen MR) is 54.3 cm³/mol. The SMILES string of the molecule is CC(=O)Oc1c(CCl)cccc1C(=O)O. The minimum absolute atomic E-state index is 0.0208. The van der Waals surface area contributed by atoms with Crippen LogP contribution >= 0.6 is 11.6 Å². The molecule has 5 heteroatoms. The number of alkyl halides is 1. The summed E-state index contributed by atoms with van der Waals surface area (Å²) in [6, 6.07) is 4.52. The molecule has 0 aliphatic carbocycles. The Hall–Kier alpha value is -1.55. The Morgan fingerprint density at radius 2 is 2.13 bits per heavy atom. The van der Waals surface area contributed by atoms with Crippen molar-refractivity contribution in [3.8, 4) is 5.75 Å². The van der Waals surface area contributed by atoms with Crippen molar-refractivity contribution in [2.75, 3.05) is 0 Å². The summed E-state index contributed by atoms with van der Waals surface area (Å²) in [5.41, 5.74) is 0.412. The van der Waals surface area contributed by atoms with Crippen LogP contribution in [0.1, 0.15) is 22.8 Å². The van der Waals surface area contributed by atoms with Crippen LogP contribution in [-0.4, -0.2) is 17.0 Å². The molecule has 0 heterocycles. The zero-order valence-electron chi connectivity index (χ0n) is 7.99. The Kier molecular flexibility index (Phi) is 3.68. The van der Waals surface area contributed by atoms with E-state index in [0.717, 1.165) is 0 Å². The van der Waals surface area contributed by atoms with Crippen molar-refractivity contribution >= 4 is 23.5 Å². The van der Waals surface area contributed by atoms with E-state index < -0.39 is 11.9 Å². The maximum Gasteiger partial charge on any atom is 0.339 e. The van der Waals surface area contributed by atoms with Crippen molar-refractivity contribution in [3.05, 3.63) is 29.3 Å². The smallest absolute Gasteiger partial charge is 0.339 e. The molecule has 0 aromatic heterocycles. The molecule has 0 aliphatic rings. The third-order valence-electron chi connectivity index (χ3n) is 1.72. The van der Waals surface area contributed by atoms with Crippen molar-refractivity contribution in [1.29, 1.82) is 0 Å². The van der Waals surface area contributed by atoms with Gasteiger partial charge in [-0.3, -0.25) is 4.79 Å². The highest BCUT2D eigenvalue weighted by Crippen LogP contribution is 2.25. The maximum absolute atomic E-state index is 10.8. The van der Waals surface area contributed by atoms with Gasteiger partial charge in [0.05, 0.1) is 5.88 Å². The fourth-order valence-corrected chi connectivity index (χ4v) is 1.33. The molecule has 80 valence electrons. The summed E-state index contributed by atoms with van der Waals surface area (Å²) in [6.45, 7) is 1.21. The van der Waals surface area contributed by atoms with E-state index in [1.807, 2.05) is 0 Å². The molecule has 0 spiro atoms. The zero-order valence-corrected chi connectivity index (χ0v) is 8.75. The first-order valence-corrected chi connectivity index (χ1v) is 4.69. The Balaban J connectivity index is 3.26. The predicted octanol–water partition coefficient (Wildman–Crippen LogP) is 2.05. The Bertz CT molecular complexity index is 400. The first-order chi connectivity index (χ1) is 7.06. The van der Waals surface area contributed by atoms with Crippen molar-refractivity contribution < 1.29 is 19.4 Å². The molecule has 0 fully saturated rings. The third-order valence-corrected chi connectivity index (χ3v) is 2.00. The molecule has 0 atom stereocenters. The van der Waals surface area contributed by atoms with E-state index in [-0.39, 0.29) is 17.2 Å². The number of esters is 1. The summed E-state index contributed by atoms with van der Waals surface area (Å²) < 4.78 is 4.82. The number of halogens is 1. The number of benzene rings is 1. The standard InChI is InChI=1S/C10H9ClO4/c1-6(12)15-9-7(5-11)3-2-4-8(9)10(13)14/h2-4H,5H2,1H3,(H,13,14).